The van der Waals surface area contributed by atoms with Crippen molar-refractivity contribution >= 4 is 5.97 Å². The number of aliphatic hydroxyl groups is 1. The predicted molar refractivity (Wildman–Crippen MR) is 55.8 cm³/mol. The molecule has 1 aromatic rings. The van der Waals surface area contributed by atoms with E-state index in [-0.39, 0.29) is 18.1 Å². The summed E-state index contributed by atoms with van der Waals surface area (Å²) in [4.78, 5) is 9.00. The zero-order chi connectivity index (χ0) is 12.3. The number of hydrogen-bond acceptors (Lipinski definition) is 4. The van der Waals surface area contributed by atoms with Crippen LogP contribution in [0, 0.1) is 0 Å². The highest BCUT2D eigenvalue weighted by molar-refractivity contribution is 5.62. The molecule has 5 heteroatoms. The Hall–Kier alpha value is -1.75. The maximum absolute atomic E-state index is 9.00. The van der Waals surface area contributed by atoms with Gasteiger partial charge in [-0.1, -0.05) is 6.07 Å². The maximum Gasteiger partial charge on any atom is 0.300 e. The van der Waals surface area contributed by atoms with E-state index in [9.17, 15) is 0 Å². The fourth-order valence-corrected chi connectivity index (χ4v) is 0.493. The summed E-state index contributed by atoms with van der Waals surface area (Å²) in [5.74, 6) is -0.657. The molecule has 0 saturated heterocycles. The third-order valence-electron chi connectivity index (χ3n) is 0.830. The molecular formula is C10H16O5. The molecular weight excluding hydrogens is 200 g/mol. The van der Waals surface area contributed by atoms with Gasteiger partial charge in [0.2, 0.25) is 0 Å². The normalized spacial score (nSPS) is 7.67. The molecule has 0 aliphatic rings. The molecule has 0 bridgehead atoms. The van der Waals surface area contributed by atoms with Crippen molar-refractivity contribution in [2.45, 2.75) is 13.8 Å². The van der Waals surface area contributed by atoms with E-state index in [0.29, 0.717) is 0 Å². The van der Waals surface area contributed by atoms with E-state index in [1.165, 1.54) is 18.2 Å². The highest BCUT2D eigenvalue weighted by Crippen LogP contribution is 2.14. The van der Waals surface area contributed by atoms with Crippen molar-refractivity contribution in [2.75, 3.05) is 6.61 Å². The quantitative estimate of drug-likeness (QED) is 0.522. The van der Waals surface area contributed by atoms with Crippen molar-refractivity contribution in [2.24, 2.45) is 0 Å². The smallest absolute Gasteiger partial charge is 0.300 e. The first-order valence-corrected chi connectivity index (χ1v) is 4.22. The lowest BCUT2D eigenvalue weighted by Crippen LogP contribution is -1.78. The Kier molecular flexibility index (Phi) is 10.8. The van der Waals surface area contributed by atoms with Crippen molar-refractivity contribution in [3.8, 4) is 11.5 Å². The van der Waals surface area contributed by atoms with Crippen LogP contribution in [0.4, 0.5) is 0 Å². The van der Waals surface area contributed by atoms with Gasteiger partial charge in [-0.15, -0.1) is 0 Å². The van der Waals surface area contributed by atoms with Gasteiger partial charge in [0.05, 0.1) is 0 Å². The molecule has 0 heterocycles. The number of hydrogen-bond donors (Lipinski definition) is 4. The van der Waals surface area contributed by atoms with Crippen LogP contribution in [-0.2, 0) is 4.79 Å². The lowest BCUT2D eigenvalue weighted by Gasteiger charge is -1.89. The van der Waals surface area contributed by atoms with Gasteiger partial charge in [-0.25, -0.2) is 0 Å². The summed E-state index contributed by atoms with van der Waals surface area (Å²) in [5, 5.41) is 32.3. The van der Waals surface area contributed by atoms with Crippen LogP contribution >= 0.6 is 0 Å². The van der Waals surface area contributed by atoms with E-state index in [4.69, 9.17) is 25.2 Å². The van der Waals surface area contributed by atoms with Gasteiger partial charge in [-0.2, -0.15) is 0 Å². The van der Waals surface area contributed by atoms with E-state index in [1.807, 2.05) is 0 Å². The van der Waals surface area contributed by atoms with E-state index in [0.717, 1.165) is 6.92 Å². The minimum absolute atomic E-state index is 0.0880. The molecule has 0 aliphatic heterocycles. The number of carbonyl (C=O) groups is 1. The van der Waals surface area contributed by atoms with Gasteiger partial charge >= 0.3 is 0 Å². The molecule has 86 valence electrons. The Labute approximate surface area is 88.2 Å². The molecule has 0 spiro atoms. The zero-order valence-corrected chi connectivity index (χ0v) is 8.71. The molecule has 0 radical (unpaired) electrons. The molecule has 5 nitrogen and oxygen atoms in total. The SMILES string of the molecule is CC(=O)O.CCO.Oc1cccc(O)c1. The number of benzene rings is 1. The molecule has 4 N–H and O–H groups in total. The maximum atomic E-state index is 9.00. The van der Waals surface area contributed by atoms with Gasteiger partial charge in [0, 0.05) is 19.6 Å². The molecule has 0 aliphatic carbocycles. The summed E-state index contributed by atoms with van der Waals surface area (Å²) in [6.45, 7) is 3.01. The van der Waals surface area contributed by atoms with Gasteiger partial charge in [-0.3, -0.25) is 4.79 Å². The van der Waals surface area contributed by atoms with E-state index in [2.05, 4.69) is 0 Å². The van der Waals surface area contributed by atoms with E-state index >= 15 is 0 Å². The Morgan fingerprint density at radius 3 is 1.67 bits per heavy atom. The fraction of sp³-hybridized carbons (Fsp3) is 0.300. The summed E-state index contributed by atoms with van der Waals surface area (Å²) < 4.78 is 0. The van der Waals surface area contributed by atoms with Crippen LogP contribution < -0.4 is 0 Å². The van der Waals surface area contributed by atoms with Gasteiger partial charge in [-0.05, 0) is 19.1 Å². The minimum Gasteiger partial charge on any atom is -0.508 e. The van der Waals surface area contributed by atoms with Gasteiger partial charge in [0.1, 0.15) is 11.5 Å². The van der Waals surface area contributed by atoms with Crippen LogP contribution in [-0.4, -0.2) is 33.0 Å². The van der Waals surface area contributed by atoms with E-state index in [1.54, 1.807) is 13.0 Å². The zero-order valence-electron chi connectivity index (χ0n) is 8.71. The Bertz CT molecular complexity index is 251. The number of phenols is 2. The first kappa shape index (κ1) is 15.7. The van der Waals surface area contributed by atoms with Crippen LogP contribution in [0.1, 0.15) is 13.8 Å². The van der Waals surface area contributed by atoms with Crippen LogP contribution in [0.2, 0.25) is 0 Å². The summed E-state index contributed by atoms with van der Waals surface area (Å²) in [7, 11) is 0. The van der Waals surface area contributed by atoms with Crippen molar-refractivity contribution < 1.29 is 25.2 Å². The molecule has 0 fully saturated rings. The highest BCUT2D eigenvalue weighted by Gasteiger charge is 1.85. The summed E-state index contributed by atoms with van der Waals surface area (Å²) >= 11 is 0. The molecule has 0 atom stereocenters. The number of phenolic OH excluding ortho intramolecular Hbond substituents is 2. The summed E-state index contributed by atoms with van der Waals surface area (Å²) in [6.07, 6.45) is 0. The van der Waals surface area contributed by atoms with Crippen LogP contribution in [0.5, 0.6) is 11.5 Å². The molecule has 1 aromatic carbocycles. The van der Waals surface area contributed by atoms with Crippen molar-refractivity contribution in [1.29, 1.82) is 0 Å². The van der Waals surface area contributed by atoms with Crippen molar-refractivity contribution in [1.82, 2.24) is 0 Å². The molecule has 0 aromatic heterocycles. The molecule has 15 heavy (non-hydrogen) atoms. The summed E-state index contributed by atoms with van der Waals surface area (Å²) in [6, 6.07) is 5.85. The Morgan fingerprint density at radius 1 is 1.27 bits per heavy atom. The number of carboxylic acid groups (broad SMARTS) is 1. The number of aliphatic hydroxyl groups excluding tert-OH is 1. The number of carboxylic acids is 1. The Balaban J connectivity index is 0. The molecule has 0 unspecified atom stereocenters. The number of rotatable bonds is 0. The number of aliphatic carboxylic acids is 1. The van der Waals surface area contributed by atoms with Gasteiger partial charge < -0.3 is 20.4 Å². The lowest BCUT2D eigenvalue weighted by atomic mass is 10.3. The monoisotopic (exact) mass is 216 g/mol. The van der Waals surface area contributed by atoms with Crippen LogP contribution in [0.3, 0.4) is 0 Å². The number of aromatic hydroxyl groups is 2. The van der Waals surface area contributed by atoms with E-state index < -0.39 is 5.97 Å². The lowest BCUT2D eigenvalue weighted by molar-refractivity contribution is -0.134. The van der Waals surface area contributed by atoms with Crippen LogP contribution in [0.25, 0.3) is 0 Å². The second kappa shape index (κ2) is 10.3. The third-order valence-corrected chi connectivity index (χ3v) is 0.830. The Morgan fingerprint density at radius 2 is 1.53 bits per heavy atom. The van der Waals surface area contributed by atoms with Crippen LogP contribution in [0.15, 0.2) is 24.3 Å². The van der Waals surface area contributed by atoms with Crippen molar-refractivity contribution in [3.05, 3.63) is 24.3 Å². The predicted octanol–water partition coefficient (Wildman–Crippen LogP) is 1.19. The fourth-order valence-electron chi connectivity index (χ4n) is 0.493. The standard InChI is InChI=1S/C6H6O2.C2H4O2.C2H6O/c7-5-2-1-3-6(8)4-5;1-2(3)4;1-2-3/h1-4,7-8H;1H3,(H,3,4);3H,2H2,1H3. The molecule has 0 amide bonds. The summed E-state index contributed by atoms with van der Waals surface area (Å²) in [5.41, 5.74) is 0. The van der Waals surface area contributed by atoms with Gasteiger partial charge in [0.25, 0.3) is 5.97 Å². The average Bonchev–Trinajstić information content (AvgIpc) is 2.03. The molecule has 0 saturated carbocycles. The minimum atomic E-state index is -0.833. The highest BCUT2D eigenvalue weighted by atomic mass is 16.4. The average molecular weight is 216 g/mol. The first-order valence-electron chi connectivity index (χ1n) is 4.22. The molecule has 1 rings (SSSR count). The van der Waals surface area contributed by atoms with Crippen molar-refractivity contribution in [3.63, 3.8) is 0 Å². The van der Waals surface area contributed by atoms with Gasteiger partial charge in [0.15, 0.2) is 0 Å². The third kappa shape index (κ3) is 18.9. The largest absolute Gasteiger partial charge is 0.508 e. The first-order chi connectivity index (χ1) is 6.93. The second-order valence-corrected chi connectivity index (χ2v) is 2.36. The topological polar surface area (TPSA) is 98.0 Å². The second-order valence-electron chi connectivity index (χ2n) is 2.36.